The third kappa shape index (κ3) is 4.28. The van der Waals surface area contributed by atoms with Crippen LogP contribution in [0.2, 0.25) is 26.2 Å². The zero-order valence-corrected chi connectivity index (χ0v) is 25.5. The maximum absolute atomic E-state index is 13.7. The predicted octanol–water partition coefficient (Wildman–Crippen LogP) is 6.77. The van der Waals surface area contributed by atoms with Gasteiger partial charge >= 0.3 is 12.1 Å². The molecule has 9 heteroatoms. The minimum atomic E-state index is -4.87. The molecule has 10 unspecified atom stereocenters. The molecule has 0 radical (unpaired) electrons. The normalized spacial score (nSPS) is 53.5. The SMILES string of the molecule is C[Si](C)(C)C.O=C(OC12CC3CC(C1)C1(CC(O)(C(F)(F)F)OCO1)C(C3)C2)C1CC2CC1C1C3CCC(C3)C21. The molecule has 8 saturated carbocycles. The molecule has 10 atom stereocenters. The van der Waals surface area contributed by atoms with Gasteiger partial charge < -0.3 is 19.3 Å². The average Bonchev–Trinajstić information content (AvgIpc) is 3.60. The molecule has 1 saturated heterocycles. The third-order valence-corrected chi connectivity index (χ3v) is 12.5. The van der Waals surface area contributed by atoms with E-state index in [4.69, 9.17) is 14.2 Å². The van der Waals surface area contributed by atoms with Gasteiger partial charge in [-0.15, -0.1) is 0 Å². The summed E-state index contributed by atoms with van der Waals surface area (Å²) in [5.41, 5.74) is -1.63. The Morgan fingerprint density at radius 3 is 2.12 bits per heavy atom. The first-order valence-electron chi connectivity index (χ1n) is 15.9. The van der Waals surface area contributed by atoms with Gasteiger partial charge in [0.1, 0.15) is 5.60 Å². The van der Waals surface area contributed by atoms with E-state index in [1.165, 1.54) is 25.7 Å². The molecule has 0 aromatic heterocycles. The van der Waals surface area contributed by atoms with Crippen LogP contribution in [0.15, 0.2) is 0 Å². The second-order valence-electron chi connectivity index (χ2n) is 16.8. The standard InChI is InChI=1S/C27H35F3O5.C4H12Si/c28-27(29,30)26(32)11-25(33-12-34-26)17-3-13-4-18(25)10-24(8-13,9-17)35-23(31)20-7-16-6-19(20)22-15-2-1-14(5-15)21(16)22;1-5(2,3)4/h13-22,32H,1-12H2;1-4H3. The lowest BCUT2D eigenvalue weighted by atomic mass is 9.47. The van der Waals surface area contributed by atoms with E-state index in [1.54, 1.807) is 0 Å². The molecule has 0 amide bonds. The minimum Gasteiger partial charge on any atom is -0.459 e. The first-order chi connectivity index (χ1) is 18.6. The van der Waals surface area contributed by atoms with E-state index in [0.29, 0.717) is 30.6 Å². The van der Waals surface area contributed by atoms with Gasteiger partial charge in [0.25, 0.3) is 5.79 Å². The Morgan fingerprint density at radius 1 is 0.875 bits per heavy atom. The maximum Gasteiger partial charge on any atom is 0.443 e. The Kier molecular flexibility index (Phi) is 6.29. The molecule has 9 fully saturated rings. The summed E-state index contributed by atoms with van der Waals surface area (Å²) in [5, 5.41) is 10.4. The van der Waals surface area contributed by atoms with Gasteiger partial charge in [-0.25, -0.2) is 0 Å². The molecular weight excluding hydrogens is 537 g/mol. The van der Waals surface area contributed by atoms with Crippen molar-refractivity contribution in [2.75, 3.05) is 6.79 Å². The number of aliphatic hydroxyl groups is 1. The van der Waals surface area contributed by atoms with Crippen molar-refractivity contribution in [2.45, 2.75) is 120 Å². The highest BCUT2D eigenvalue weighted by Gasteiger charge is 2.71. The lowest BCUT2D eigenvalue weighted by Gasteiger charge is -2.66. The highest BCUT2D eigenvalue weighted by atomic mass is 28.3. The molecule has 9 aliphatic rings. The highest BCUT2D eigenvalue weighted by Crippen LogP contribution is 2.70. The first kappa shape index (κ1) is 28.1. The lowest BCUT2D eigenvalue weighted by Crippen LogP contribution is -2.70. The summed E-state index contributed by atoms with van der Waals surface area (Å²) in [4.78, 5) is 13.7. The van der Waals surface area contributed by atoms with Crippen molar-refractivity contribution in [1.29, 1.82) is 0 Å². The topological polar surface area (TPSA) is 65.0 Å². The summed E-state index contributed by atoms with van der Waals surface area (Å²) in [5.74, 6) is 1.27. The van der Waals surface area contributed by atoms with E-state index in [2.05, 4.69) is 26.2 Å². The van der Waals surface area contributed by atoms with Crippen LogP contribution >= 0.6 is 0 Å². The molecular formula is C31H47F3O5Si. The van der Waals surface area contributed by atoms with Gasteiger partial charge in [-0.2, -0.15) is 13.2 Å². The summed E-state index contributed by atoms with van der Waals surface area (Å²) in [6, 6.07) is 0. The zero-order chi connectivity index (χ0) is 28.5. The summed E-state index contributed by atoms with van der Waals surface area (Å²) < 4.78 is 58.2. The average molecular weight is 585 g/mol. The number of halogens is 3. The molecule has 1 heterocycles. The number of rotatable bonds is 2. The van der Waals surface area contributed by atoms with Gasteiger partial charge in [0.05, 0.1) is 11.5 Å². The Morgan fingerprint density at radius 2 is 1.50 bits per heavy atom. The second-order valence-corrected chi connectivity index (χ2v) is 22.8. The van der Waals surface area contributed by atoms with Crippen LogP contribution in [-0.2, 0) is 19.0 Å². The van der Waals surface area contributed by atoms with Gasteiger partial charge in [0.2, 0.25) is 0 Å². The third-order valence-electron chi connectivity index (χ3n) is 12.5. The van der Waals surface area contributed by atoms with Crippen molar-refractivity contribution in [1.82, 2.24) is 0 Å². The Labute approximate surface area is 237 Å². The number of ether oxygens (including phenoxy) is 3. The van der Waals surface area contributed by atoms with Crippen LogP contribution in [0, 0.1) is 59.2 Å². The Bertz CT molecular complexity index is 1020. The van der Waals surface area contributed by atoms with Crippen molar-refractivity contribution < 1.29 is 37.3 Å². The largest absolute Gasteiger partial charge is 0.459 e. The summed E-state index contributed by atoms with van der Waals surface area (Å²) in [6.45, 7) is 8.75. The second kappa shape index (κ2) is 8.95. The van der Waals surface area contributed by atoms with Gasteiger partial charge in [0.15, 0.2) is 6.79 Å². The van der Waals surface area contributed by atoms with Crippen molar-refractivity contribution in [3.63, 3.8) is 0 Å². The van der Waals surface area contributed by atoms with Gasteiger partial charge in [-0.05, 0) is 117 Å². The van der Waals surface area contributed by atoms with Crippen LogP contribution in [0.3, 0.4) is 0 Å². The van der Waals surface area contributed by atoms with Crippen LogP contribution in [-0.4, -0.2) is 49.1 Å². The summed E-state index contributed by atoms with van der Waals surface area (Å²) in [7, 11) is -0.611. The molecule has 226 valence electrons. The number of esters is 1. The number of carbonyl (C=O) groups is 1. The van der Waals surface area contributed by atoms with E-state index in [-0.39, 0.29) is 23.7 Å². The molecule has 8 bridgehead atoms. The Balaban J connectivity index is 0.000000490. The zero-order valence-electron chi connectivity index (χ0n) is 24.5. The molecule has 1 spiro atoms. The molecule has 9 rings (SSSR count). The number of fused-ring (bicyclic) bond motifs is 9. The smallest absolute Gasteiger partial charge is 0.443 e. The number of carbonyl (C=O) groups excluding carboxylic acids is 1. The molecule has 0 aromatic carbocycles. The van der Waals surface area contributed by atoms with E-state index in [1.807, 2.05) is 0 Å². The van der Waals surface area contributed by atoms with Gasteiger partial charge in [-0.1, -0.05) is 26.2 Å². The van der Waals surface area contributed by atoms with Crippen molar-refractivity contribution in [3.05, 3.63) is 0 Å². The fourth-order valence-corrected chi connectivity index (χ4v) is 11.7. The van der Waals surface area contributed by atoms with Crippen molar-refractivity contribution >= 4 is 14.0 Å². The molecule has 1 aliphatic heterocycles. The molecule has 8 aliphatic carbocycles. The van der Waals surface area contributed by atoms with Crippen LogP contribution in [0.25, 0.3) is 0 Å². The number of alkyl halides is 3. The fourth-order valence-electron chi connectivity index (χ4n) is 11.7. The predicted molar refractivity (Wildman–Crippen MR) is 144 cm³/mol. The Hall–Kier alpha value is -0.643. The van der Waals surface area contributed by atoms with Crippen molar-refractivity contribution in [3.8, 4) is 0 Å². The first-order valence-corrected chi connectivity index (χ1v) is 19.9. The molecule has 1 N–H and O–H groups in total. The molecule has 0 aromatic rings. The van der Waals surface area contributed by atoms with E-state index in [0.717, 1.165) is 49.4 Å². The fraction of sp³-hybridized carbons (Fsp3) is 0.968. The molecule has 40 heavy (non-hydrogen) atoms. The number of hydrogen-bond acceptors (Lipinski definition) is 5. The summed E-state index contributed by atoms with van der Waals surface area (Å²) in [6.07, 6.45) is 4.23. The van der Waals surface area contributed by atoms with E-state index < -0.39 is 44.5 Å². The van der Waals surface area contributed by atoms with Crippen molar-refractivity contribution in [2.24, 2.45) is 59.2 Å². The van der Waals surface area contributed by atoms with E-state index in [9.17, 15) is 23.1 Å². The quantitative estimate of drug-likeness (QED) is 0.221. The van der Waals surface area contributed by atoms with Gasteiger partial charge in [0, 0.05) is 14.5 Å². The number of hydrogen-bond donors (Lipinski definition) is 1. The monoisotopic (exact) mass is 584 g/mol. The van der Waals surface area contributed by atoms with E-state index >= 15 is 0 Å². The highest BCUT2D eigenvalue weighted by molar-refractivity contribution is 6.74. The van der Waals surface area contributed by atoms with Crippen LogP contribution in [0.5, 0.6) is 0 Å². The summed E-state index contributed by atoms with van der Waals surface area (Å²) >= 11 is 0. The molecule has 5 nitrogen and oxygen atoms in total. The maximum atomic E-state index is 13.7. The van der Waals surface area contributed by atoms with Crippen LogP contribution in [0.4, 0.5) is 13.2 Å². The van der Waals surface area contributed by atoms with Crippen LogP contribution in [0.1, 0.15) is 70.6 Å². The van der Waals surface area contributed by atoms with Crippen LogP contribution < -0.4 is 0 Å². The lowest BCUT2D eigenvalue weighted by molar-refractivity contribution is -0.444. The van der Waals surface area contributed by atoms with Gasteiger partial charge in [-0.3, -0.25) is 4.79 Å². The minimum absolute atomic E-state index is 0.0113.